The summed E-state index contributed by atoms with van der Waals surface area (Å²) in [4.78, 5) is 0. The molecule has 354 valence electrons. The molecule has 0 aliphatic heterocycles. The van der Waals surface area contributed by atoms with E-state index in [2.05, 4.69) is 0 Å². The van der Waals surface area contributed by atoms with E-state index in [0.717, 1.165) is 0 Å². The van der Waals surface area contributed by atoms with E-state index in [9.17, 15) is 16.8 Å². The Morgan fingerprint density at radius 1 is 0.300 bits per heavy atom. The van der Waals surface area contributed by atoms with Gasteiger partial charge in [0.15, 0.2) is 11.5 Å². The average molecular weight is 911 g/mol. The highest BCUT2D eigenvalue weighted by Crippen LogP contribution is 2.26. The molecule has 0 heterocycles. The number of unbranched alkanes of at least 4 members (excludes halogenated alkanes) is 2. The lowest BCUT2D eigenvalue weighted by Crippen LogP contribution is -2.15. The summed E-state index contributed by atoms with van der Waals surface area (Å²) in [6.45, 7) is 11.1. The summed E-state index contributed by atoms with van der Waals surface area (Å²) in [7, 11) is -7.80. The Labute approximate surface area is 356 Å². The van der Waals surface area contributed by atoms with E-state index in [0.29, 0.717) is 209 Å². The highest BCUT2D eigenvalue weighted by Gasteiger charge is 2.06. The molecule has 0 aliphatic carbocycles. The van der Waals surface area contributed by atoms with Crippen molar-refractivity contribution in [1.82, 2.24) is 0 Å². The minimum absolute atomic E-state index is 0.252. The molecule has 20 nitrogen and oxygen atoms in total. The molecular formula is C38H70O20S2. The summed E-state index contributed by atoms with van der Waals surface area (Å²) in [5, 5.41) is 0. The van der Waals surface area contributed by atoms with Crippen LogP contribution in [0.4, 0.5) is 0 Å². The molecule has 2 N–H and O–H groups in total. The highest BCUT2D eigenvalue weighted by atomic mass is 32.2. The summed E-state index contributed by atoms with van der Waals surface area (Å²) >= 11 is 0. The van der Waals surface area contributed by atoms with Crippen molar-refractivity contribution in [2.24, 2.45) is 0 Å². The quantitative estimate of drug-likeness (QED) is 0.0702. The van der Waals surface area contributed by atoms with E-state index >= 15 is 0 Å². The van der Waals surface area contributed by atoms with Crippen LogP contribution in [0.3, 0.4) is 0 Å². The SMILES string of the molecule is O=S(=O)(O)CCCCOCCOCCOCCOCCOCCOCCOc1ccccc1OCCOCCOCCOCCOCCOCCOCCCCS(=O)(=O)O. The van der Waals surface area contributed by atoms with E-state index in [1.807, 2.05) is 24.3 Å². The van der Waals surface area contributed by atoms with Crippen molar-refractivity contribution in [3.63, 3.8) is 0 Å². The van der Waals surface area contributed by atoms with Gasteiger partial charge in [-0.15, -0.1) is 0 Å². The molecule has 1 aromatic carbocycles. The van der Waals surface area contributed by atoms with Gasteiger partial charge < -0.3 is 66.3 Å². The number of hydrogen-bond acceptors (Lipinski definition) is 18. The Morgan fingerprint density at radius 3 is 0.717 bits per heavy atom. The standard InChI is InChI=1S/C38H70O20S2/c39-59(40,41)35-5-3-9-45-11-13-47-15-17-49-19-21-51-23-25-53-27-29-55-31-33-57-37-7-1-2-8-38(37)58-34-32-56-30-28-54-26-24-52-22-20-50-18-16-48-14-12-46-10-4-6-36-60(42,43)44/h1-2,7-8H,3-6,9-36H2,(H,39,40,41)(H,42,43,44). The maximum atomic E-state index is 10.6. The van der Waals surface area contributed by atoms with Crippen LogP contribution in [0, 0.1) is 0 Å². The molecule has 0 saturated carbocycles. The first kappa shape index (κ1) is 56.2. The lowest BCUT2D eigenvalue weighted by Gasteiger charge is -2.13. The Hall–Kier alpha value is -1.84. The van der Waals surface area contributed by atoms with Crippen molar-refractivity contribution in [2.75, 3.05) is 183 Å². The maximum Gasteiger partial charge on any atom is 0.264 e. The summed E-state index contributed by atoms with van der Waals surface area (Å²) in [5.41, 5.74) is 0. The van der Waals surface area contributed by atoms with Gasteiger partial charge in [-0.25, -0.2) is 0 Å². The third-order valence-corrected chi connectivity index (χ3v) is 9.03. The number of para-hydroxylation sites is 2. The van der Waals surface area contributed by atoms with Crippen LogP contribution in [0.15, 0.2) is 24.3 Å². The predicted octanol–water partition coefficient (Wildman–Crippen LogP) is 1.98. The first-order valence-electron chi connectivity index (χ1n) is 20.4. The summed E-state index contributed by atoms with van der Waals surface area (Å²) in [5.74, 6) is 0.740. The zero-order valence-electron chi connectivity index (χ0n) is 35.0. The van der Waals surface area contributed by atoms with Crippen LogP contribution >= 0.6 is 0 Å². The molecule has 0 spiro atoms. The molecule has 0 unspecified atom stereocenters. The van der Waals surface area contributed by atoms with Gasteiger partial charge in [-0.2, -0.15) is 16.8 Å². The van der Waals surface area contributed by atoms with E-state index in [1.165, 1.54) is 0 Å². The second kappa shape index (κ2) is 41.2. The number of rotatable bonds is 48. The lowest BCUT2D eigenvalue weighted by molar-refractivity contribution is -0.0182. The minimum Gasteiger partial charge on any atom is -0.487 e. The fourth-order valence-electron chi connectivity index (χ4n) is 4.49. The number of benzene rings is 1. The third kappa shape index (κ3) is 42.8. The first-order valence-corrected chi connectivity index (χ1v) is 23.6. The monoisotopic (exact) mass is 910 g/mol. The van der Waals surface area contributed by atoms with Crippen LogP contribution < -0.4 is 9.47 Å². The van der Waals surface area contributed by atoms with Crippen molar-refractivity contribution < 1.29 is 92.3 Å². The van der Waals surface area contributed by atoms with Crippen LogP contribution in [0.2, 0.25) is 0 Å². The van der Waals surface area contributed by atoms with E-state index < -0.39 is 20.2 Å². The first-order chi connectivity index (χ1) is 29.2. The number of ether oxygens (including phenoxy) is 14. The summed E-state index contributed by atoms with van der Waals surface area (Å²) in [6.07, 6.45) is 1.83. The van der Waals surface area contributed by atoms with Crippen molar-refractivity contribution in [2.45, 2.75) is 25.7 Å². The Balaban J connectivity index is 1.80. The molecule has 0 atom stereocenters. The second-order valence-corrected chi connectivity index (χ2v) is 15.6. The molecule has 0 bridgehead atoms. The highest BCUT2D eigenvalue weighted by molar-refractivity contribution is 7.86. The fourth-order valence-corrected chi connectivity index (χ4v) is 5.63. The van der Waals surface area contributed by atoms with Gasteiger partial charge in [-0.3, -0.25) is 9.11 Å². The van der Waals surface area contributed by atoms with Crippen LogP contribution in [0.25, 0.3) is 0 Å². The molecule has 0 aromatic heterocycles. The molecule has 0 aliphatic rings. The van der Waals surface area contributed by atoms with Crippen LogP contribution in [-0.4, -0.2) is 209 Å². The minimum atomic E-state index is -3.90. The Kier molecular flexibility index (Phi) is 38.6. The van der Waals surface area contributed by atoms with E-state index in [1.54, 1.807) is 0 Å². The van der Waals surface area contributed by atoms with Crippen LogP contribution in [0.5, 0.6) is 11.5 Å². The van der Waals surface area contributed by atoms with Gasteiger partial charge in [-0.1, -0.05) is 12.1 Å². The topological polar surface area (TPSA) is 238 Å². The van der Waals surface area contributed by atoms with Crippen molar-refractivity contribution in [3.8, 4) is 11.5 Å². The zero-order chi connectivity index (χ0) is 43.5. The van der Waals surface area contributed by atoms with Gasteiger partial charge in [-0.05, 0) is 37.8 Å². The Bertz CT molecular complexity index is 1190. The summed E-state index contributed by atoms with van der Waals surface area (Å²) in [6, 6.07) is 7.42. The molecule has 1 rings (SSSR count). The van der Waals surface area contributed by atoms with Gasteiger partial charge in [0.1, 0.15) is 13.2 Å². The van der Waals surface area contributed by atoms with E-state index in [-0.39, 0.29) is 11.5 Å². The number of hydrogen-bond donors (Lipinski definition) is 2. The van der Waals surface area contributed by atoms with Crippen LogP contribution in [0.1, 0.15) is 25.7 Å². The Morgan fingerprint density at radius 2 is 0.500 bits per heavy atom. The van der Waals surface area contributed by atoms with Gasteiger partial charge in [0.05, 0.1) is 157 Å². The third-order valence-electron chi connectivity index (χ3n) is 7.42. The fraction of sp³-hybridized carbons (Fsp3) is 0.842. The van der Waals surface area contributed by atoms with Crippen molar-refractivity contribution in [3.05, 3.63) is 24.3 Å². The molecule has 0 amide bonds. The van der Waals surface area contributed by atoms with Crippen LogP contribution in [-0.2, 0) is 77.1 Å². The largest absolute Gasteiger partial charge is 0.487 e. The van der Waals surface area contributed by atoms with Gasteiger partial charge in [0.2, 0.25) is 0 Å². The van der Waals surface area contributed by atoms with Gasteiger partial charge in [0.25, 0.3) is 20.2 Å². The molecule has 60 heavy (non-hydrogen) atoms. The maximum absolute atomic E-state index is 10.6. The van der Waals surface area contributed by atoms with Gasteiger partial charge in [0, 0.05) is 13.2 Å². The van der Waals surface area contributed by atoms with Crippen molar-refractivity contribution in [1.29, 1.82) is 0 Å². The predicted molar refractivity (Wildman–Crippen MR) is 219 cm³/mol. The summed E-state index contributed by atoms with van der Waals surface area (Å²) < 4.78 is 137. The molecule has 0 fully saturated rings. The second-order valence-electron chi connectivity index (χ2n) is 12.5. The van der Waals surface area contributed by atoms with Crippen molar-refractivity contribution >= 4 is 20.2 Å². The average Bonchev–Trinajstić information content (AvgIpc) is 3.21. The molecule has 0 radical (unpaired) electrons. The van der Waals surface area contributed by atoms with E-state index in [4.69, 9.17) is 75.4 Å². The zero-order valence-corrected chi connectivity index (χ0v) is 36.6. The van der Waals surface area contributed by atoms with Gasteiger partial charge >= 0.3 is 0 Å². The molecule has 1 aromatic rings. The molecular weight excluding hydrogens is 841 g/mol. The smallest absolute Gasteiger partial charge is 0.264 e. The molecule has 22 heteroatoms. The normalized spacial score (nSPS) is 12.0. The molecule has 0 saturated heterocycles. The lowest BCUT2D eigenvalue weighted by atomic mass is 10.3.